The van der Waals surface area contributed by atoms with E-state index < -0.39 is 0 Å². The number of benzene rings is 2. The standard InChI is InChI=1S/C26H29NO5/c1-15-9-16(2)11-17(10-15)27-20-7-6-8-21(28)26(20)19(13-25(27)29)18-12-23(31-4)24(32-5)14-22(18)30-3/h9-12,14,19H,6-8,13H2,1-5H3/t19-/m0/s1. The van der Waals surface area contributed by atoms with Crippen molar-refractivity contribution in [3.63, 3.8) is 0 Å². The maximum atomic E-state index is 13.5. The summed E-state index contributed by atoms with van der Waals surface area (Å²) in [6.45, 7) is 4.03. The minimum atomic E-state index is -0.387. The van der Waals surface area contributed by atoms with Crippen molar-refractivity contribution < 1.29 is 23.8 Å². The van der Waals surface area contributed by atoms with Crippen LogP contribution in [-0.4, -0.2) is 33.0 Å². The number of Topliss-reactive ketones (excluding diaryl/α,β-unsaturated/α-hetero) is 1. The second-order valence-corrected chi connectivity index (χ2v) is 8.42. The number of carbonyl (C=O) groups excluding carboxylic acids is 2. The van der Waals surface area contributed by atoms with Crippen molar-refractivity contribution >= 4 is 17.4 Å². The third-order valence-corrected chi connectivity index (χ3v) is 6.25. The maximum Gasteiger partial charge on any atom is 0.232 e. The SMILES string of the molecule is COc1cc(OC)c([C@@H]2CC(=O)N(c3cc(C)cc(C)c3)C3=C2C(=O)CCC3)cc1OC. The lowest BCUT2D eigenvalue weighted by atomic mass is 9.76. The molecule has 0 bridgehead atoms. The van der Waals surface area contributed by atoms with E-state index in [9.17, 15) is 9.59 Å². The van der Waals surface area contributed by atoms with Crippen molar-refractivity contribution in [2.45, 2.75) is 45.4 Å². The van der Waals surface area contributed by atoms with E-state index in [1.165, 1.54) is 0 Å². The van der Waals surface area contributed by atoms with Crippen LogP contribution in [0.25, 0.3) is 0 Å². The molecule has 0 unspecified atom stereocenters. The molecule has 0 fully saturated rings. The van der Waals surface area contributed by atoms with E-state index in [4.69, 9.17) is 14.2 Å². The lowest BCUT2D eigenvalue weighted by Gasteiger charge is -2.39. The van der Waals surface area contributed by atoms with E-state index in [-0.39, 0.29) is 24.0 Å². The molecule has 2 aliphatic rings. The Hall–Kier alpha value is -3.28. The van der Waals surface area contributed by atoms with Crippen LogP contribution in [0.1, 0.15) is 48.3 Å². The van der Waals surface area contributed by atoms with Gasteiger partial charge in [-0.1, -0.05) is 6.07 Å². The maximum absolute atomic E-state index is 13.5. The molecule has 2 aromatic rings. The van der Waals surface area contributed by atoms with Gasteiger partial charge >= 0.3 is 0 Å². The summed E-state index contributed by atoms with van der Waals surface area (Å²) in [7, 11) is 4.71. The fraction of sp³-hybridized carbons (Fsp3) is 0.385. The molecule has 1 aliphatic carbocycles. The highest BCUT2D eigenvalue weighted by Crippen LogP contribution is 2.48. The monoisotopic (exact) mass is 435 g/mol. The lowest BCUT2D eigenvalue weighted by molar-refractivity contribution is -0.119. The Kier molecular flexibility index (Phi) is 5.96. The first-order chi connectivity index (χ1) is 15.4. The molecule has 0 saturated heterocycles. The Balaban J connectivity index is 1.91. The number of methoxy groups -OCH3 is 3. The molecule has 0 spiro atoms. The largest absolute Gasteiger partial charge is 0.496 e. The number of hydrogen-bond acceptors (Lipinski definition) is 5. The van der Waals surface area contributed by atoms with Crippen LogP contribution in [0.5, 0.6) is 17.2 Å². The molecular weight excluding hydrogens is 406 g/mol. The highest BCUT2D eigenvalue weighted by atomic mass is 16.5. The van der Waals surface area contributed by atoms with E-state index in [0.29, 0.717) is 35.7 Å². The summed E-state index contributed by atoms with van der Waals surface area (Å²) in [6, 6.07) is 9.67. The van der Waals surface area contributed by atoms with Crippen LogP contribution in [0.4, 0.5) is 5.69 Å². The van der Waals surface area contributed by atoms with Gasteiger partial charge in [-0.25, -0.2) is 0 Å². The number of carbonyl (C=O) groups is 2. The molecular formula is C26H29NO5. The Labute approximate surface area is 188 Å². The molecule has 1 amide bonds. The summed E-state index contributed by atoms with van der Waals surface area (Å²) < 4.78 is 16.5. The first-order valence-corrected chi connectivity index (χ1v) is 10.8. The molecule has 6 nitrogen and oxygen atoms in total. The highest BCUT2D eigenvalue weighted by molar-refractivity contribution is 6.07. The van der Waals surface area contributed by atoms with Gasteiger partial charge in [-0.3, -0.25) is 14.5 Å². The molecule has 0 N–H and O–H groups in total. The van der Waals surface area contributed by atoms with Gasteiger partial charge in [0.15, 0.2) is 17.3 Å². The topological polar surface area (TPSA) is 65.1 Å². The van der Waals surface area contributed by atoms with E-state index in [1.807, 2.05) is 32.0 Å². The summed E-state index contributed by atoms with van der Waals surface area (Å²) in [6.07, 6.45) is 2.09. The van der Waals surface area contributed by atoms with Crippen molar-refractivity contribution in [3.8, 4) is 17.2 Å². The molecule has 2 aromatic carbocycles. The van der Waals surface area contributed by atoms with Gasteiger partial charge in [-0.15, -0.1) is 0 Å². The van der Waals surface area contributed by atoms with E-state index in [2.05, 4.69) is 6.07 Å². The lowest BCUT2D eigenvalue weighted by Crippen LogP contribution is -2.40. The first kappa shape index (κ1) is 21.9. The molecule has 32 heavy (non-hydrogen) atoms. The summed E-state index contributed by atoms with van der Waals surface area (Å²) in [4.78, 5) is 28.5. The average molecular weight is 436 g/mol. The second kappa shape index (κ2) is 8.69. The highest BCUT2D eigenvalue weighted by Gasteiger charge is 2.41. The van der Waals surface area contributed by atoms with Gasteiger partial charge < -0.3 is 14.2 Å². The predicted octanol–water partition coefficient (Wildman–Crippen LogP) is 4.86. The van der Waals surface area contributed by atoms with Crippen LogP contribution in [0.15, 0.2) is 41.6 Å². The summed E-state index contributed by atoms with van der Waals surface area (Å²) in [5.41, 5.74) is 5.28. The summed E-state index contributed by atoms with van der Waals surface area (Å²) in [5, 5.41) is 0. The molecule has 168 valence electrons. The van der Waals surface area contributed by atoms with Gasteiger partial charge in [0.2, 0.25) is 5.91 Å². The van der Waals surface area contributed by atoms with Gasteiger partial charge in [-0.2, -0.15) is 0 Å². The Morgan fingerprint density at radius 2 is 1.44 bits per heavy atom. The number of rotatable bonds is 5. The van der Waals surface area contributed by atoms with Crippen LogP contribution in [0.2, 0.25) is 0 Å². The molecule has 6 heteroatoms. The molecule has 4 rings (SSSR count). The number of ether oxygens (including phenoxy) is 3. The van der Waals surface area contributed by atoms with Gasteiger partial charge in [0.25, 0.3) is 0 Å². The molecule has 0 radical (unpaired) electrons. The number of hydrogen-bond donors (Lipinski definition) is 0. The quantitative estimate of drug-likeness (QED) is 0.671. The zero-order valence-electron chi connectivity index (χ0n) is 19.3. The van der Waals surface area contributed by atoms with Crippen molar-refractivity contribution in [2.75, 3.05) is 26.2 Å². The van der Waals surface area contributed by atoms with Crippen LogP contribution in [0.3, 0.4) is 0 Å². The molecule has 1 heterocycles. The second-order valence-electron chi connectivity index (χ2n) is 8.42. The predicted molar refractivity (Wildman–Crippen MR) is 123 cm³/mol. The Morgan fingerprint density at radius 3 is 2.06 bits per heavy atom. The van der Waals surface area contributed by atoms with Crippen molar-refractivity contribution in [2.24, 2.45) is 0 Å². The van der Waals surface area contributed by atoms with E-state index in [1.54, 1.807) is 32.3 Å². The fourth-order valence-corrected chi connectivity index (χ4v) is 4.96. The van der Waals surface area contributed by atoms with E-state index in [0.717, 1.165) is 34.5 Å². The van der Waals surface area contributed by atoms with Crippen molar-refractivity contribution in [1.29, 1.82) is 0 Å². The number of nitrogens with zero attached hydrogens (tertiary/aromatic N) is 1. The first-order valence-electron chi connectivity index (χ1n) is 10.8. The van der Waals surface area contributed by atoms with Gasteiger partial charge in [0.1, 0.15) is 5.75 Å². The van der Waals surface area contributed by atoms with Crippen LogP contribution >= 0.6 is 0 Å². The zero-order valence-corrected chi connectivity index (χ0v) is 19.3. The number of aryl methyl sites for hydroxylation is 2. The van der Waals surface area contributed by atoms with Gasteiger partial charge in [0, 0.05) is 47.3 Å². The number of amides is 1. The zero-order chi connectivity index (χ0) is 23.0. The molecule has 1 aliphatic heterocycles. The smallest absolute Gasteiger partial charge is 0.232 e. The minimum Gasteiger partial charge on any atom is -0.496 e. The Bertz CT molecular complexity index is 1100. The molecule has 0 saturated carbocycles. The van der Waals surface area contributed by atoms with Crippen LogP contribution in [0, 0.1) is 13.8 Å². The third-order valence-electron chi connectivity index (χ3n) is 6.25. The fourth-order valence-electron chi connectivity index (χ4n) is 4.96. The van der Waals surface area contributed by atoms with Crippen LogP contribution in [-0.2, 0) is 9.59 Å². The van der Waals surface area contributed by atoms with Crippen molar-refractivity contribution in [1.82, 2.24) is 0 Å². The number of allylic oxidation sites excluding steroid dienone is 2. The van der Waals surface area contributed by atoms with Gasteiger partial charge in [0.05, 0.1) is 21.3 Å². The minimum absolute atomic E-state index is 0.0229. The van der Waals surface area contributed by atoms with Gasteiger partial charge in [-0.05, 0) is 56.0 Å². The molecule has 0 aromatic heterocycles. The molecule has 1 atom stereocenters. The third kappa shape index (κ3) is 3.74. The van der Waals surface area contributed by atoms with Crippen molar-refractivity contribution in [3.05, 3.63) is 58.3 Å². The summed E-state index contributed by atoms with van der Waals surface area (Å²) >= 11 is 0. The number of ketones is 1. The van der Waals surface area contributed by atoms with Crippen LogP contribution < -0.4 is 19.1 Å². The average Bonchev–Trinajstić information content (AvgIpc) is 2.76. The van der Waals surface area contributed by atoms with E-state index >= 15 is 0 Å². The summed E-state index contributed by atoms with van der Waals surface area (Å²) in [5.74, 6) is 1.34. The Morgan fingerprint density at radius 1 is 0.812 bits per heavy atom. The normalized spacial score (nSPS) is 18.5. The number of anilines is 1.